The van der Waals surface area contributed by atoms with Crippen LogP contribution < -0.4 is 5.32 Å². The van der Waals surface area contributed by atoms with Crippen molar-refractivity contribution in [3.05, 3.63) is 22.8 Å². The highest BCUT2D eigenvalue weighted by molar-refractivity contribution is 5.77. The van der Waals surface area contributed by atoms with E-state index < -0.39 is 23.9 Å². The fraction of sp³-hybridized carbons (Fsp3) is 0.588. The van der Waals surface area contributed by atoms with Gasteiger partial charge in [0.2, 0.25) is 5.91 Å². The lowest BCUT2D eigenvalue weighted by Crippen LogP contribution is -2.33. The zero-order valence-corrected chi connectivity index (χ0v) is 15.4. The number of aliphatic carboxylic acids is 1. The van der Waals surface area contributed by atoms with Gasteiger partial charge in [-0.05, 0) is 45.1 Å². The Morgan fingerprint density at radius 1 is 1.25 bits per heavy atom. The van der Waals surface area contributed by atoms with Crippen LogP contribution in [-0.2, 0) is 22.2 Å². The summed E-state index contributed by atoms with van der Waals surface area (Å²) in [7, 11) is 0. The molecule has 2 N–H and O–H groups in total. The predicted molar refractivity (Wildman–Crippen MR) is 90.5 cm³/mol. The number of carboxylic acids is 1. The SMILES string of the molecule is Cc1nc2nc(C(F)(F)F)nn2c(C)c1CCC(=O)N[C@H]1CC[C@@H](C(=O)O)C1. The Kier molecular flexibility index (Phi) is 5.26. The molecule has 2 aromatic rings. The average Bonchev–Trinajstić information content (AvgIpc) is 3.21. The third-order valence-electron chi connectivity index (χ3n) is 5.05. The lowest BCUT2D eigenvalue weighted by molar-refractivity contribution is -0.145. The third-order valence-corrected chi connectivity index (χ3v) is 5.05. The van der Waals surface area contributed by atoms with E-state index in [1.54, 1.807) is 13.8 Å². The van der Waals surface area contributed by atoms with E-state index in [9.17, 15) is 22.8 Å². The molecule has 1 saturated carbocycles. The Morgan fingerprint density at radius 3 is 2.57 bits per heavy atom. The summed E-state index contributed by atoms with van der Waals surface area (Å²) in [6.45, 7) is 3.26. The van der Waals surface area contributed by atoms with Gasteiger partial charge in [-0.25, -0.2) is 9.50 Å². The Balaban J connectivity index is 1.68. The van der Waals surface area contributed by atoms with Gasteiger partial charge in [-0.1, -0.05) is 0 Å². The van der Waals surface area contributed by atoms with Crippen LogP contribution >= 0.6 is 0 Å². The van der Waals surface area contributed by atoms with Crippen molar-refractivity contribution in [2.24, 2.45) is 5.92 Å². The molecular weight excluding hydrogens is 379 g/mol. The normalized spacial score (nSPS) is 19.9. The van der Waals surface area contributed by atoms with Gasteiger partial charge in [0.05, 0.1) is 5.92 Å². The molecule has 152 valence electrons. The van der Waals surface area contributed by atoms with Crippen LogP contribution in [0.5, 0.6) is 0 Å². The lowest BCUT2D eigenvalue weighted by Gasteiger charge is -2.14. The van der Waals surface area contributed by atoms with E-state index in [1.807, 2.05) is 0 Å². The molecule has 0 radical (unpaired) electrons. The lowest BCUT2D eigenvalue weighted by atomic mass is 10.1. The molecule has 11 heteroatoms. The molecule has 2 aromatic heterocycles. The Hall–Kier alpha value is -2.72. The van der Waals surface area contributed by atoms with Gasteiger partial charge in [-0.15, -0.1) is 5.10 Å². The molecule has 0 bridgehead atoms. The first-order valence-corrected chi connectivity index (χ1v) is 8.88. The molecule has 3 rings (SSSR count). The summed E-state index contributed by atoms with van der Waals surface area (Å²) in [5, 5.41) is 15.3. The fourth-order valence-electron chi connectivity index (χ4n) is 3.57. The number of amides is 1. The van der Waals surface area contributed by atoms with Crippen LogP contribution in [0.25, 0.3) is 5.78 Å². The van der Waals surface area contributed by atoms with Crippen molar-refractivity contribution in [3.8, 4) is 0 Å². The highest BCUT2D eigenvalue weighted by Gasteiger charge is 2.37. The van der Waals surface area contributed by atoms with Crippen molar-refractivity contribution in [1.29, 1.82) is 0 Å². The molecule has 0 unspecified atom stereocenters. The highest BCUT2D eigenvalue weighted by atomic mass is 19.4. The molecular formula is C17H20F3N5O3. The van der Waals surface area contributed by atoms with Crippen molar-refractivity contribution in [3.63, 3.8) is 0 Å². The Labute approximate surface area is 158 Å². The van der Waals surface area contributed by atoms with Crippen molar-refractivity contribution < 1.29 is 27.9 Å². The van der Waals surface area contributed by atoms with Crippen LogP contribution in [0.3, 0.4) is 0 Å². The summed E-state index contributed by atoms with van der Waals surface area (Å²) in [5.74, 6) is -2.91. The number of aromatic nitrogens is 4. The van der Waals surface area contributed by atoms with E-state index in [-0.39, 0.29) is 30.6 Å². The number of alkyl halides is 3. The van der Waals surface area contributed by atoms with E-state index >= 15 is 0 Å². The zero-order valence-electron chi connectivity index (χ0n) is 15.4. The third kappa shape index (κ3) is 4.07. The van der Waals surface area contributed by atoms with Crippen LogP contribution in [0.15, 0.2) is 0 Å². The molecule has 2 heterocycles. The minimum absolute atomic E-state index is 0.115. The molecule has 2 atom stereocenters. The standard InChI is InChI=1S/C17H20F3N5O3/c1-8-12(5-6-13(26)22-11-4-3-10(7-11)14(27)28)9(2)25-16(21-8)23-15(24-25)17(18,19)20/h10-11H,3-7H2,1-2H3,(H,22,26)(H,27,28)/t10-,11+/m1/s1. The molecule has 1 aliphatic carbocycles. The number of fused-ring (bicyclic) bond motifs is 1. The number of hydrogen-bond acceptors (Lipinski definition) is 5. The Bertz CT molecular complexity index is 925. The molecule has 8 nitrogen and oxygen atoms in total. The first kappa shape index (κ1) is 20.0. The number of rotatable bonds is 5. The molecule has 0 aromatic carbocycles. The largest absolute Gasteiger partial charge is 0.481 e. The smallest absolute Gasteiger partial charge is 0.453 e. The topological polar surface area (TPSA) is 109 Å². The minimum Gasteiger partial charge on any atom is -0.481 e. The number of carbonyl (C=O) groups excluding carboxylic acids is 1. The summed E-state index contributed by atoms with van der Waals surface area (Å²) in [5.41, 5.74) is 1.58. The summed E-state index contributed by atoms with van der Waals surface area (Å²) >= 11 is 0. The Morgan fingerprint density at radius 2 is 1.96 bits per heavy atom. The summed E-state index contributed by atoms with van der Waals surface area (Å²) < 4.78 is 39.5. The summed E-state index contributed by atoms with van der Waals surface area (Å²) in [6, 6.07) is -0.166. The highest BCUT2D eigenvalue weighted by Crippen LogP contribution is 2.28. The molecule has 1 amide bonds. The van der Waals surface area contributed by atoms with Crippen LogP contribution in [0.1, 0.15) is 48.5 Å². The minimum atomic E-state index is -4.66. The van der Waals surface area contributed by atoms with Gasteiger partial charge in [0, 0.05) is 23.9 Å². The molecule has 0 aliphatic heterocycles. The first-order valence-electron chi connectivity index (χ1n) is 8.88. The van der Waals surface area contributed by atoms with Gasteiger partial charge in [0.25, 0.3) is 11.6 Å². The fourth-order valence-corrected chi connectivity index (χ4v) is 3.57. The van der Waals surface area contributed by atoms with E-state index in [4.69, 9.17) is 5.11 Å². The van der Waals surface area contributed by atoms with Crippen LogP contribution in [-0.4, -0.2) is 42.6 Å². The number of carbonyl (C=O) groups is 2. The quantitative estimate of drug-likeness (QED) is 0.797. The van der Waals surface area contributed by atoms with E-state index in [2.05, 4.69) is 20.4 Å². The van der Waals surface area contributed by atoms with E-state index in [0.717, 1.165) is 4.52 Å². The monoisotopic (exact) mass is 399 g/mol. The van der Waals surface area contributed by atoms with Gasteiger partial charge >= 0.3 is 12.1 Å². The molecule has 28 heavy (non-hydrogen) atoms. The van der Waals surface area contributed by atoms with E-state index in [0.29, 0.717) is 36.2 Å². The van der Waals surface area contributed by atoms with Crippen molar-refractivity contribution >= 4 is 17.7 Å². The van der Waals surface area contributed by atoms with Crippen molar-refractivity contribution in [1.82, 2.24) is 24.9 Å². The number of nitrogens with one attached hydrogen (secondary N) is 1. The maximum atomic E-state index is 12.8. The second-order valence-electron chi connectivity index (χ2n) is 7.02. The van der Waals surface area contributed by atoms with Crippen LogP contribution in [0.2, 0.25) is 0 Å². The average molecular weight is 399 g/mol. The maximum absolute atomic E-state index is 12.8. The number of carboxylic acid groups (broad SMARTS) is 1. The van der Waals surface area contributed by atoms with Crippen molar-refractivity contribution in [2.45, 2.75) is 58.2 Å². The van der Waals surface area contributed by atoms with Gasteiger partial charge < -0.3 is 10.4 Å². The molecule has 0 saturated heterocycles. The maximum Gasteiger partial charge on any atom is 0.453 e. The van der Waals surface area contributed by atoms with Gasteiger partial charge in [0.1, 0.15) is 0 Å². The second-order valence-corrected chi connectivity index (χ2v) is 7.02. The van der Waals surface area contributed by atoms with Gasteiger partial charge in [-0.2, -0.15) is 18.2 Å². The summed E-state index contributed by atoms with van der Waals surface area (Å²) in [6.07, 6.45) is -2.71. The zero-order chi connectivity index (χ0) is 20.6. The summed E-state index contributed by atoms with van der Waals surface area (Å²) in [4.78, 5) is 30.7. The van der Waals surface area contributed by atoms with Crippen molar-refractivity contribution in [2.75, 3.05) is 0 Å². The number of hydrogen-bond donors (Lipinski definition) is 2. The molecule has 0 spiro atoms. The predicted octanol–water partition coefficient (Wildman–Crippen LogP) is 2.06. The van der Waals surface area contributed by atoms with E-state index in [1.165, 1.54) is 0 Å². The number of aryl methyl sites for hydroxylation is 2. The van der Waals surface area contributed by atoms with Gasteiger partial charge in [-0.3, -0.25) is 9.59 Å². The molecule has 1 fully saturated rings. The van der Waals surface area contributed by atoms with Crippen LogP contribution in [0, 0.1) is 19.8 Å². The first-order chi connectivity index (χ1) is 13.1. The number of halogens is 3. The number of nitrogens with zero attached hydrogens (tertiary/aromatic N) is 4. The van der Waals surface area contributed by atoms with Gasteiger partial charge in [0.15, 0.2) is 0 Å². The molecule has 1 aliphatic rings. The van der Waals surface area contributed by atoms with Crippen LogP contribution in [0.4, 0.5) is 13.2 Å². The second kappa shape index (κ2) is 7.36.